The zero-order valence-corrected chi connectivity index (χ0v) is 6.57. The Morgan fingerprint density at radius 3 is 2.31 bits per heavy atom. The highest BCUT2D eigenvalue weighted by Crippen LogP contribution is 2.45. The van der Waals surface area contributed by atoms with E-state index in [-0.39, 0.29) is 0 Å². The standard InChI is InChI=1S/C7H8F4O2/c8-6(9)2-1-4(3-6)7(10,11)5(12)13/h4H,1-3H2,(H,12,13). The Kier molecular flexibility index (Phi) is 2.25. The molecule has 1 unspecified atom stereocenters. The lowest BCUT2D eigenvalue weighted by Gasteiger charge is -2.18. The van der Waals surface area contributed by atoms with Gasteiger partial charge in [-0.3, -0.25) is 0 Å². The fourth-order valence-corrected chi connectivity index (χ4v) is 1.43. The monoisotopic (exact) mass is 200 g/mol. The van der Waals surface area contributed by atoms with Crippen molar-refractivity contribution in [1.82, 2.24) is 0 Å². The Labute approximate surface area is 71.5 Å². The minimum Gasteiger partial charge on any atom is -0.477 e. The van der Waals surface area contributed by atoms with Gasteiger partial charge >= 0.3 is 11.9 Å². The topological polar surface area (TPSA) is 37.3 Å². The first-order valence-corrected chi connectivity index (χ1v) is 3.75. The predicted octanol–water partition coefficient (Wildman–Crippen LogP) is 2.14. The van der Waals surface area contributed by atoms with Crippen molar-refractivity contribution in [2.45, 2.75) is 31.1 Å². The number of carboxylic acids is 1. The molecule has 13 heavy (non-hydrogen) atoms. The van der Waals surface area contributed by atoms with E-state index in [1.165, 1.54) is 0 Å². The third-order valence-corrected chi connectivity index (χ3v) is 2.20. The molecule has 1 aliphatic carbocycles. The van der Waals surface area contributed by atoms with Crippen molar-refractivity contribution >= 4 is 5.97 Å². The average molecular weight is 200 g/mol. The SMILES string of the molecule is O=C(O)C(F)(F)C1CCC(F)(F)C1. The molecule has 1 saturated carbocycles. The van der Waals surface area contributed by atoms with Crippen molar-refractivity contribution in [3.63, 3.8) is 0 Å². The molecule has 76 valence electrons. The van der Waals surface area contributed by atoms with Crippen LogP contribution in [0.2, 0.25) is 0 Å². The van der Waals surface area contributed by atoms with Gasteiger partial charge < -0.3 is 5.11 Å². The lowest BCUT2D eigenvalue weighted by Crippen LogP contribution is -2.36. The van der Waals surface area contributed by atoms with Gasteiger partial charge in [0.25, 0.3) is 0 Å². The lowest BCUT2D eigenvalue weighted by molar-refractivity contribution is -0.174. The molecule has 0 aliphatic heterocycles. The number of halogens is 4. The summed E-state index contributed by atoms with van der Waals surface area (Å²) in [6, 6.07) is 0. The molecule has 0 heterocycles. The number of rotatable bonds is 2. The van der Waals surface area contributed by atoms with Crippen LogP contribution in [0.4, 0.5) is 17.6 Å². The van der Waals surface area contributed by atoms with Crippen molar-refractivity contribution in [1.29, 1.82) is 0 Å². The van der Waals surface area contributed by atoms with Crippen LogP contribution < -0.4 is 0 Å². The summed E-state index contributed by atoms with van der Waals surface area (Å²) in [4.78, 5) is 10.0. The van der Waals surface area contributed by atoms with Gasteiger partial charge in [-0.1, -0.05) is 0 Å². The van der Waals surface area contributed by atoms with Gasteiger partial charge in [0.1, 0.15) is 0 Å². The van der Waals surface area contributed by atoms with E-state index in [9.17, 15) is 22.4 Å². The molecule has 6 heteroatoms. The first kappa shape index (κ1) is 10.3. The minimum absolute atomic E-state index is 0.438. The molecule has 0 radical (unpaired) electrons. The van der Waals surface area contributed by atoms with Gasteiger partial charge in [0.2, 0.25) is 5.92 Å². The maximum atomic E-state index is 12.7. The van der Waals surface area contributed by atoms with Crippen molar-refractivity contribution < 1.29 is 27.5 Å². The van der Waals surface area contributed by atoms with Gasteiger partial charge in [-0.05, 0) is 6.42 Å². The van der Waals surface area contributed by atoms with E-state index in [0.29, 0.717) is 0 Å². The van der Waals surface area contributed by atoms with Crippen LogP contribution in [0.3, 0.4) is 0 Å². The summed E-state index contributed by atoms with van der Waals surface area (Å²) in [6.45, 7) is 0. The molecule has 0 aromatic rings. The summed E-state index contributed by atoms with van der Waals surface area (Å²) in [7, 11) is 0. The van der Waals surface area contributed by atoms with Crippen molar-refractivity contribution in [3.05, 3.63) is 0 Å². The molecule has 0 aromatic carbocycles. The Morgan fingerprint density at radius 1 is 1.46 bits per heavy atom. The third kappa shape index (κ3) is 1.92. The van der Waals surface area contributed by atoms with Crippen LogP contribution in [-0.4, -0.2) is 22.9 Å². The molecule has 1 rings (SSSR count). The largest absolute Gasteiger partial charge is 0.477 e. The minimum atomic E-state index is -4.03. The second-order valence-corrected chi connectivity index (χ2v) is 3.22. The van der Waals surface area contributed by atoms with Crippen molar-refractivity contribution in [3.8, 4) is 0 Å². The predicted molar refractivity (Wildman–Crippen MR) is 34.9 cm³/mol. The number of hydrogen-bond acceptors (Lipinski definition) is 1. The Morgan fingerprint density at radius 2 is 2.00 bits per heavy atom. The molecule has 0 amide bonds. The van der Waals surface area contributed by atoms with E-state index < -0.39 is 43.0 Å². The van der Waals surface area contributed by atoms with Crippen molar-refractivity contribution in [2.75, 3.05) is 0 Å². The van der Waals surface area contributed by atoms with Gasteiger partial charge in [0.05, 0.1) is 0 Å². The van der Waals surface area contributed by atoms with Crippen LogP contribution in [0.1, 0.15) is 19.3 Å². The average Bonchev–Trinajstić information content (AvgIpc) is 2.30. The molecule has 0 aromatic heterocycles. The highest BCUT2D eigenvalue weighted by atomic mass is 19.3. The van der Waals surface area contributed by atoms with Gasteiger partial charge in [0, 0.05) is 18.8 Å². The van der Waals surface area contributed by atoms with Gasteiger partial charge in [-0.15, -0.1) is 0 Å². The lowest BCUT2D eigenvalue weighted by atomic mass is 10.00. The summed E-state index contributed by atoms with van der Waals surface area (Å²) in [5, 5.41) is 8.08. The number of carboxylic acid groups (broad SMARTS) is 1. The first-order chi connectivity index (χ1) is 5.76. The first-order valence-electron chi connectivity index (χ1n) is 3.75. The third-order valence-electron chi connectivity index (χ3n) is 2.20. The molecule has 0 saturated heterocycles. The van der Waals surface area contributed by atoms with Crippen LogP contribution in [0.5, 0.6) is 0 Å². The highest BCUT2D eigenvalue weighted by Gasteiger charge is 2.55. The van der Waals surface area contributed by atoms with E-state index in [4.69, 9.17) is 5.11 Å². The summed E-state index contributed by atoms with van der Waals surface area (Å²) < 4.78 is 50.2. The highest BCUT2D eigenvalue weighted by molar-refractivity contribution is 5.75. The van der Waals surface area contributed by atoms with Crippen LogP contribution >= 0.6 is 0 Å². The smallest absolute Gasteiger partial charge is 0.374 e. The van der Waals surface area contributed by atoms with E-state index in [1.54, 1.807) is 0 Å². The number of aliphatic carboxylic acids is 1. The van der Waals surface area contributed by atoms with Gasteiger partial charge in [-0.2, -0.15) is 8.78 Å². The van der Waals surface area contributed by atoms with Crippen LogP contribution in [0.15, 0.2) is 0 Å². The molecule has 1 aliphatic rings. The second-order valence-electron chi connectivity index (χ2n) is 3.22. The summed E-state index contributed by atoms with van der Waals surface area (Å²) in [5.41, 5.74) is 0. The fraction of sp³-hybridized carbons (Fsp3) is 0.857. The maximum absolute atomic E-state index is 12.7. The van der Waals surface area contributed by atoms with Gasteiger partial charge in [0.15, 0.2) is 0 Å². The van der Waals surface area contributed by atoms with E-state index in [1.807, 2.05) is 0 Å². The Bertz CT molecular complexity index is 227. The molecule has 1 N–H and O–H groups in total. The maximum Gasteiger partial charge on any atom is 0.374 e. The second kappa shape index (κ2) is 2.85. The van der Waals surface area contributed by atoms with Crippen LogP contribution in [-0.2, 0) is 4.79 Å². The fourth-order valence-electron chi connectivity index (χ4n) is 1.43. The zero-order valence-electron chi connectivity index (χ0n) is 6.57. The molecule has 1 atom stereocenters. The van der Waals surface area contributed by atoms with Crippen molar-refractivity contribution in [2.24, 2.45) is 5.92 Å². The molecular formula is C7H8F4O2. The Hall–Kier alpha value is -0.810. The summed E-state index contributed by atoms with van der Waals surface area (Å²) >= 11 is 0. The molecule has 2 nitrogen and oxygen atoms in total. The Balaban J connectivity index is 2.71. The quantitative estimate of drug-likeness (QED) is 0.693. The normalized spacial score (nSPS) is 27.5. The van der Waals surface area contributed by atoms with E-state index >= 15 is 0 Å². The molecule has 0 bridgehead atoms. The summed E-state index contributed by atoms with van der Waals surface area (Å²) in [5.74, 6) is -11.2. The summed E-state index contributed by atoms with van der Waals surface area (Å²) in [6.07, 6.45) is -2.13. The number of hydrogen-bond donors (Lipinski definition) is 1. The van der Waals surface area contributed by atoms with E-state index in [2.05, 4.69) is 0 Å². The van der Waals surface area contributed by atoms with Gasteiger partial charge in [-0.25, -0.2) is 13.6 Å². The van der Waals surface area contributed by atoms with E-state index in [0.717, 1.165) is 0 Å². The number of carbonyl (C=O) groups is 1. The zero-order chi connectivity index (χ0) is 10.3. The molecule has 1 fully saturated rings. The van der Waals surface area contributed by atoms with Crippen LogP contribution in [0, 0.1) is 5.92 Å². The molecule has 0 spiro atoms. The van der Waals surface area contributed by atoms with Crippen LogP contribution in [0.25, 0.3) is 0 Å². The number of alkyl halides is 4. The molecular weight excluding hydrogens is 192 g/mol.